The van der Waals surface area contributed by atoms with E-state index in [2.05, 4.69) is 20.8 Å². The summed E-state index contributed by atoms with van der Waals surface area (Å²) in [4.78, 5) is 27.4. The van der Waals surface area contributed by atoms with Gasteiger partial charge in [-0.1, -0.05) is 43.5 Å². The first-order chi connectivity index (χ1) is 15.0. The summed E-state index contributed by atoms with van der Waals surface area (Å²) in [6, 6.07) is 11.4. The number of hydrogen-bond donors (Lipinski definition) is 2. The molecule has 0 saturated heterocycles. The molecule has 2 atom stereocenters. The predicted octanol–water partition coefficient (Wildman–Crippen LogP) is 3.44. The van der Waals surface area contributed by atoms with E-state index in [9.17, 15) is 14.0 Å². The minimum atomic E-state index is -0.928. The molecule has 1 heterocycles. The molecule has 7 nitrogen and oxygen atoms in total. The van der Waals surface area contributed by atoms with Crippen molar-refractivity contribution in [1.29, 1.82) is 0 Å². The van der Waals surface area contributed by atoms with Crippen LogP contribution in [0.25, 0.3) is 11.0 Å². The molecule has 4 rings (SSSR count). The van der Waals surface area contributed by atoms with Gasteiger partial charge in [0, 0.05) is 6.04 Å². The fraction of sp³-hybridized carbons (Fsp3) is 0.391. The van der Waals surface area contributed by atoms with E-state index in [0.29, 0.717) is 16.6 Å². The summed E-state index contributed by atoms with van der Waals surface area (Å²) in [6.07, 6.45) is 5.18. The highest BCUT2D eigenvalue weighted by Gasteiger charge is 2.28. The van der Waals surface area contributed by atoms with Crippen LogP contribution in [0.15, 0.2) is 48.5 Å². The van der Waals surface area contributed by atoms with E-state index in [0.717, 1.165) is 25.7 Å². The van der Waals surface area contributed by atoms with Crippen molar-refractivity contribution in [2.24, 2.45) is 0 Å². The van der Waals surface area contributed by atoms with Gasteiger partial charge in [0.1, 0.15) is 28.9 Å². The molecule has 0 bridgehead atoms. The summed E-state index contributed by atoms with van der Waals surface area (Å²) < 4.78 is 13.4. The van der Waals surface area contributed by atoms with Gasteiger partial charge in [0.25, 0.3) is 0 Å². The van der Waals surface area contributed by atoms with E-state index in [1.54, 1.807) is 6.92 Å². The van der Waals surface area contributed by atoms with Crippen LogP contribution in [0.3, 0.4) is 0 Å². The third-order valence-electron chi connectivity index (χ3n) is 5.73. The monoisotopic (exact) mass is 423 g/mol. The molecule has 0 spiro atoms. The zero-order valence-corrected chi connectivity index (χ0v) is 17.4. The van der Waals surface area contributed by atoms with Gasteiger partial charge in [0.15, 0.2) is 0 Å². The smallest absolute Gasteiger partial charge is 0.247 e. The van der Waals surface area contributed by atoms with Crippen LogP contribution in [-0.2, 0) is 9.59 Å². The van der Waals surface area contributed by atoms with Crippen LogP contribution >= 0.6 is 0 Å². The number of amides is 2. The molecule has 1 saturated carbocycles. The molecule has 0 aliphatic heterocycles. The Bertz CT molecular complexity index is 1030. The van der Waals surface area contributed by atoms with E-state index in [-0.39, 0.29) is 11.9 Å². The molecule has 1 aliphatic rings. The van der Waals surface area contributed by atoms with Crippen molar-refractivity contribution in [2.75, 3.05) is 0 Å². The quantitative estimate of drug-likeness (QED) is 0.636. The predicted molar refractivity (Wildman–Crippen MR) is 115 cm³/mol. The van der Waals surface area contributed by atoms with Crippen LogP contribution in [-0.4, -0.2) is 32.9 Å². The molecule has 162 valence electrons. The summed E-state index contributed by atoms with van der Waals surface area (Å²) >= 11 is 0. The number of carbonyl (C=O) groups excluding carboxylic acids is 2. The van der Waals surface area contributed by atoms with Gasteiger partial charge in [0.05, 0.1) is 0 Å². The molecular weight excluding hydrogens is 397 g/mol. The Morgan fingerprint density at radius 1 is 0.968 bits per heavy atom. The Morgan fingerprint density at radius 2 is 1.58 bits per heavy atom. The van der Waals surface area contributed by atoms with Crippen molar-refractivity contribution in [3.8, 4) is 0 Å². The molecule has 8 heteroatoms. The highest BCUT2D eigenvalue weighted by Crippen LogP contribution is 2.21. The van der Waals surface area contributed by atoms with Crippen molar-refractivity contribution in [3.63, 3.8) is 0 Å². The van der Waals surface area contributed by atoms with Gasteiger partial charge in [-0.05, 0) is 49.6 Å². The number of benzene rings is 2. The lowest BCUT2D eigenvalue weighted by Gasteiger charge is -2.26. The van der Waals surface area contributed by atoms with Crippen LogP contribution < -0.4 is 10.6 Å². The van der Waals surface area contributed by atoms with Crippen molar-refractivity contribution in [3.05, 3.63) is 59.9 Å². The summed E-state index contributed by atoms with van der Waals surface area (Å²) in [6.45, 7) is 1.68. The van der Waals surface area contributed by atoms with Crippen molar-refractivity contribution in [1.82, 2.24) is 25.6 Å². The summed E-state index contributed by atoms with van der Waals surface area (Å²) in [5, 5.41) is 14.6. The number of carbonyl (C=O) groups is 2. The first-order valence-electron chi connectivity index (χ1n) is 10.7. The van der Waals surface area contributed by atoms with Crippen molar-refractivity contribution in [2.45, 2.75) is 57.2 Å². The second-order valence-corrected chi connectivity index (χ2v) is 8.02. The lowest BCUT2D eigenvalue weighted by molar-refractivity contribution is -0.131. The number of nitrogens with zero attached hydrogens (tertiary/aromatic N) is 3. The maximum absolute atomic E-state index is 13.4. The third kappa shape index (κ3) is 4.90. The lowest BCUT2D eigenvalue weighted by Crippen LogP contribution is -2.46. The number of halogens is 1. The third-order valence-corrected chi connectivity index (χ3v) is 5.73. The molecule has 1 fully saturated rings. The van der Waals surface area contributed by atoms with E-state index in [1.165, 1.54) is 35.5 Å². The number of aromatic nitrogens is 3. The van der Waals surface area contributed by atoms with Crippen LogP contribution in [0.5, 0.6) is 0 Å². The zero-order valence-electron chi connectivity index (χ0n) is 17.4. The topological polar surface area (TPSA) is 88.9 Å². The standard InChI is InChI=1S/C23H26FN5O2/c1-15(29-27-19-9-5-6-10-20(19)28-29)22(30)26-21(16-11-13-17(24)14-12-16)23(31)25-18-7-3-2-4-8-18/h5-6,9-15,18,21H,2-4,7-8H2,1H3,(H,25,31)(H,26,30)/t15-,21+/m1/s1. The Kier molecular flexibility index (Phi) is 6.25. The molecule has 31 heavy (non-hydrogen) atoms. The van der Waals surface area contributed by atoms with Gasteiger partial charge in [-0.2, -0.15) is 15.0 Å². The van der Waals surface area contributed by atoms with Crippen molar-refractivity contribution >= 4 is 22.8 Å². The number of fused-ring (bicyclic) bond motifs is 1. The Morgan fingerprint density at radius 3 is 2.19 bits per heavy atom. The molecule has 3 aromatic rings. The molecule has 2 aromatic carbocycles. The van der Waals surface area contributed by atoms with E-state index >= 15 is 0 Å². The average Bonchev–Trinajstić information content (AvgIpc) is 3.22. The SMILES string of the molecule is C[C@H](C(=O)N[C@H](C(=O)NC1CCCCC1)c1ccc(F)cc1)n1nc2ccccc2n1. The highest BCUT2D eigenvalue weighted by molar-refractivity contribution is 5.90. The van der Waals surface area contributed by atoms with Crippen LogP contribution in [0, 0.1) is 5.82 Å². The summed E-state index contributed by atoms with van der Waals surface area (Å²) in [5.41, 5.74) is 1.90. The van der Waals surface area contributed by atoms with Gasteiger partial charge >= 0.3 is 0 Å². The van der Waals surface area contributed by atoms with Gasteiger partial charge in [-0.25, -0.2) is 4.39 Å². The maximum atomic E-state index is 13.4. The van der Waals surface area contributed by atoms with E-state index in [1.807, 2.05) is 24.3 Å². The normalized spacial score (nSPS) is 16.6. The second-order valence-electron chi connectivity index (χ2n) is 8.02. The molecule has 2 amide bonds. The number of rotatable bonds is 6. The Labute approximate surface area is 180 Å². The molecule has 1 aromatic heterocycles. The maximum Gasteiger partial charge on any atom is 0.247 e. The minimum absolute atomic E-state index is 0.0941. The average molecular weight is 423 g/mol. The Balaban J connectivity index is 1.53. The van der Waals surface area contributed by atoms with Crippen LogP contribution in [0.2, 0.25) is 0 Å². The fourth-order valence-corrected chi connectivity index (χ4v) is 3.90. The summed E-state index contributed by atoms with van der Waals surface area (Å²) in [7, 11) is 0. The molecule has 0 unspecified atom stereocenters. The molecular formula is C23H26FN5O2. The van der Waals surface area contributed by atoms with Gasteiger partial charge in [-0.3, -0.25) is 9.59 Å². The number of nitrogens with one attached hydrogen (secondary N) is 2. The zero-order chi connectivity index (χ0) is 21.8. The summed E-state index contributed by atoms with van der Waals surface area (Å²) in [5.74, 6) is -1.09. The molecule has 0 radical (unpaired) electrons. The second kappa shape index (κ2) is 9.24. The van der Waals surface area contributed by atoms with Gasteiger partial charge in [-0.15, -0.1) is 0 Å². The number of hydrogen-bond acceptors (Lipinski definition) is 4. The Hall–Kier alpha value is -3.29. The van der Waals surface area contributed by atoms with E-state index < -0.39 is 23.8 Å². The van der Waals surface area contributed by atoms with E-state index in [4.69, 9.17) is 0 Å². The van der Waals surface area contributed by atoms with Crippen LogP contribution in [0.1, 0.15) is 56.7 Å². The first kappa shape index (κ1) is 21.0. The van der Waals surface area contributed by atoms with Gasteiger partial charge < -0.3 is 10.6 Å². The lowest BCUT2D eigenvalue weighted by atomic mass is 9.95. The molecule has 1 aliphatic carbocycles. The van der Waals surface area contributed by atoms with Crippen molar-refractivity contribution < 1.29 is 14.0 Å². The largest absolute Gasteiger partial charge is 0.351 e. The minimum Gasteiger partial charge on any atom is -0.351 e. The highest BCUT2D eigenvalue weighted by atomic mass is 19.1. The first-order valence-corrected chi connectivity index (χ1v) is 10.7. The molecule has 2 N–H and O–H groups in total. The van der Waals surface area contributed by atoms with Gasteiger partial charge in [0.2, 0.25) is 11.8 Å². The fourth-order valence-electron chi connectivity index (χ4n) is 3.90. The van der Waals surface area contributed by atoms with Crippen LogP contribution in [0.4, 0.5) is 4.39 Å².